The van der Waals surface area contributed by atoms with Gasteiger partial charge >= 0.3 is 5.97 Å². The summed E-state index contributed by atoms with van der Waals surface area (Å²) in [5.41, 5.74) is 0. The fourth-order valence-corrected chi connectivity index (χ4v) is 2.94. The predicted molar refractivity (Wildman–Crippen MR) is 60.2 cm³/mol. The van der Waals surface area contributed by atoms with E-state index in [1.807, 2.05) is 11.8 Å². The summed E-state index contributed by atoms with van der Waals surface area (Å²) in [5, 5.41) is 11.8. The van der Waals surface area contributed by atoms with Gasteiger partial charge in [-0.15, -0.1) is 0 Å². The number of hydrogen-bond acceptors (Lipinski definition) is 5. The van der Waals surface area contributed by atoms with Gasteiger partial charge in [0.25, 0.3) is 0 Å². The van der Waals surface area contributed by atoms with Crippen LogP contribution < -0.4 is 5.32 Å². The molecule has 94 valence electrons. The Balaban J connectivity index is 2.45. The highest BCUT2D eigenvalue weighted by atomic mass is 32.2. The average molecular weight is 250 g/mol. The van der Waals surface area contributed by atoms with Crippen molar-refractivity contribution in [2.45, 2.75) is 13.0 Å². The summed E-state index contributed by atoms with van der Waals surface area (Å²) < 4.78 is 22.4. The SMILES string of the molecule is CCNC(CN1CCS(=O)(=O)CC1)C(=O)O. The molecule has 1 rings (SSSR count). The monoisotopic (exact) mass is 250 g/mol. The average Bonchev–Trinajstić information content (AvgIpc) is 2.20. The van der Waals surface area contributed by atoms with Gasteiger partial charge in [-0.3, -0.25) is 9.69 Å². The maximum atomic E-state index is 11.2. The zero-order chi connectivity index (χ0) is 12.2. The van der Waals surface area contributed by atoms with Gasteiger partial charge in [0, 0.05) is 19.6 Å². The summed E-state index contributed by atoms with van der Waals surface area (Å²) in [6.07, 6.45) is 0. The number of carboxylic acid groups (broad SMARTS) is 1. The van der Waals surface area contributed by atoms with Crippen LogP contribution in [0, 0.1) is 0 Å². The summed E-state index contributed by atoms with van der Waals surface area (Å²) in [5.74, 6) is -0.632. The molecule has 0 aromatic rings. The van der Waals surface area contributed by atoms with Crippen LogP contribution in [0.1, 0.15) is 6.92 Å². The third kappa shape index (κ3) is 4.07. The van der Waals surface area contributed by atoms with Gasteiger partial charge in [-0.1, -0.05) is 6.92 Å². The Morgan fingerprint density at radius 2 is 2.00 bits per heavy atom. The van der Waals surface area contributed by atoms with Crippen molar-refractivity contribution in [2.75, 3.05) is 37.7 Å². The molecule has 0 spiro atoms. The first-order chi connectivity index (χ1) is 7.44. The number of rotatable bonds is 5. The molecule has 0 bridgehead atoms. The number of likely N-dealkylation sites (N-methyl/N-ethyl adjacent to an activating group) is 1. The molecular weight excluding hydrogens is 232 g/mol. The first-order valence-electron chi connectivity index (χ1n) is 5.33. The number of carboxylic acids is 1. The van der Waals surface area contributed by atoms with E-state index in [0.29, 0.717) is 26.2 Å². The Hall–Kier alpha value is -0.660. The molecule has 16 heavy (non-hydrogen) atoms. The van der Waals surface area contributed by atoms with Crippen molar-refractivity contribution in [1.82, 2.24) is 10.2 Å². The Morgan fingerprint density at radius 3 is 2.44 bits per heavy atom. The van der Waals surface area contributed by atoms with Crippen LogP contribution in [0.5, 0.6) is 0 Å². The zero-order valence-corrected chi connectivity index (χ0v) is 10.2. The lowest BCUT2D eigenvalue weighted by Crippen LogP contribution is -2.50. The van der Waals surface area contributed by atoms with Crippen LogP contribution in [-0.4, -0.2) is 68.1 Å². The highest BCUT2D eigenvalue weighted by Crippen LogP contribution is 2.04. The van der Waals surface area contributed by atoms with Crippen LogP contribution >= 0.6 is 0 Å². The number of nitrogens with one attached hydrogen (secondary N) is 1. The van der Waals surface area contributed by atoms with E-state index in [0.717, 1.165) is 0 Å². The van der Waals surface area contributed by atoms with Gasteiger partial charge < -0.3 is 10.4 Å². The largest absolute Gasteiger partial charge is 0.480 e. The van der Waals surface area contributed by atoms with E-state index in [9.17, 15) is 13.2 Å². The van der Waals surface area contributed by atoms with Gasteiger partial charge in [0.2, 0.25) is 0 Å². The van der Waals surface area contributed by atoms with Crippen LogP contribution in [0.3, 0.4) is 0 Å². The molecule has 1 atom stereocenters. The minimum absolute atomic E-state index is 0.130. The molecule has 6 nitrogen and oxygen atoms in total. The van der Waals surface area contributed by atoms with Crippen molar-refractivity contribution in [3.05, 3.63) is 0 Å². The standard InChI is InChI=1S/C9H18N2O4S/c1-2-10-8(9(12)13)7-11-3-5-16(14,15)6-4-11/h8,10H,2-7H2,1H3,(H,12,13). The number of nitrogens with zero attached hydrogens (tertiary/aromatic N) is 1. The lowest BCUT2D eigenvalue weighted by atomic mass is 10.2. The molecule has 0 saturated carbocycles. The van der Waals surface area contributed by atoms with Gasteiger partial charge in [-0.05, 0) is 6.54 Å². The molecule has 1 unspecified atom stereocenters. The molecule has 0 aromatic heterocycles. The molecule has 1 heterocycles. The third-order valence-electron chi connectivity index (χ3n) is 2.63. The molecule has 0 aromatic carbocycles. The second kappa shape index (κ2) is 5.60. The summed E-state index contributed by atoms with van der Waals surface area (Å²) in [4.78, 5) is 12.8. The lowest BCUT2D eigenvalue weighted by molar-refractivity contribution is -0.139. The van der Waals surface area contributed by atoms with Gasteiger partial charge in [0.15, 0.2) is 9.84 Å². The van der Waals surface area contributed by atoms with Crippen molar-refractivity contribution in [3.8, 4) is 0 Å². The van der Waals surface area contributed by atoms with Crippen molar-refractivity contribution in [2.24, 2.45) is 0 Å². The van der Waals surface area contributed by atoms with Crippen LogP contribution in [0.2, 0.25) is 0 Å². The molecule has 2 N–H and O–H groups in total. The van der Waals surface area contributed by atoms with Crippen LogP contribution in [0.25, 0.3) is 0 Å². The molecule has 1 aliphatic rings. The van der Waals surface area contributed by atoms with E-state index in [-0.39, 0.29) is 11.5 Å². The van der Waals surface area contributed by atoms with E-state index < -0.39 is 21.8 Å². The lowest BCUT2D eigenvalue weighted by Gasteiger charge is -2.29. The van der Waals surface area contributed by atoms with E-state index in [2.05, 4.69) is 5.32 Å². The fraction of sp³-hybridized carbons (Fsp3) is 0.889. The quantitative estimate of drug-likeness (QED) is 0.636. The first-order valence-corrected chi connectivity index (χ1v) is 7.15. The summed E-state index contributed by atoms with van der Waals surface area (Å²) >= 11 is 0. The number of sulfone groups is 1. The van der Waals surface area contributed by atoms with Crippen molar-refractivity contribution >= 4 is 15.8 Å². The number of aliphatic carboxylic acids is 1. The van der Waals surface area contributed by atoms with Gasteiger partial charge in [0.05, 0.1) is 11.5 Å². The molecular formula is C9H18N2O4S. The fourth-order valence-electron chi connectivity index (χ4n) is 1.67. The van der Waals surface area contributed by atoms with Crippen molar-refractivity contribution < 1.29 is 18.3 Å². The Labute approximate surface area is 95.5 Å². The van der Waals surface area contributed by atoms with Crippen molar-refractivity contribution in [3.63, 3.8) is 0 Å². The summed E-state index contributed by atoms with van der Waals surface area (Å²) in [6.45, 7) is 3.65. The van der Waals surface area contributed by atoms with E-state index in [4.69, 9.17) is 5.11 Å². The Bertz CT molecular complexity index is 327. The highest BCUT2D eigenvalue weighted by Gasteiger charge is 2.25. The molecule has 1 aliphatic heterocycles. The van der Waals surface area contributed by atoms with Gasteiger partial charge in [0.1, 0.15) is 6.04 Å². The van der Waals surface area contributed by atoms with E-state index in [1.54, 1.807) is 0 Å². The topological polar surface area (TPSA) is 86.7 Å². The molecule has 0 amide bonds. The highest BCUT2D eigenvalue weighted by molar-refractivity contribution is 7.91. The first kappa shape index (κ1) is 13.4. The second-order valence-corrected chi connectivity index (χ2v) is 6.20. The molecule has 0 radical (unpaired) electrons. The molecule has 1 saturated heterocycles. The van der Waals surface area contributed by atoms with Gasteiger partial charge in [-0.2, -0.15) is 0 Å². The second-order valence-electron chi connectivity index (χ2n) is 3.90. The van der Waals surface area contributed by atoms with Crippen LogP contribution in [-0.2, 0) is 14.6 Å². The maximum absolute atomic E-state index is 11.2. The third-order valence-corrected chi connectivity index (χ3v) is 4.24. The number of hydrogen-bond donors (Lipinski definition) is 2. The normalized spacial score (nSPS) is 22.8. The smallest absolute Gasteiger partial charge is 0.322 e. The minimum atomic E-state index is -2.89. The van der Waals surface area contributed by atoms with E-state index in [1.165, 1.54) is 0 Å². The summed E-state index contributed by atoms with van der Waals surface area (Å²) in [7, 11) is -2.89. The Morgan fingerprint density at radius 1 is 1.44 bits per heavy atom. The van der Waals surface area contributed by atoms with Crippen LogP contribution in [0.4, 0.5) is 0 Å². The minimum Gasteiger partial charge on any atom is -0.480 e. The van der Waals surface area contributed by atoms with E-state index >= 15 is 0 Å². The van der Waals surface area contributed by atoms with Gasteiger partial charge in [-0.25, -0.2) is 8.42 Å². The molecule has 1 fully saturated rings. The predicted octanol–water partition coefficient (Wildman–Crippen LogP) is -1.22. The maximum Gasteiger partial charge on any atom is 0.322 e. The Kier molecular flexibility index (Phi) is 4.69. The van der Waals surface area contributed by atoms with Crippen LogP contribution in [0.15, 0.2) is 0 Å². The summed E-state index contributed by atoms with van der Waals surface area (Å²) in [6, 6.07) is -0.620. The molecule has 0 aliphatic carbocycles. The molecule has 7 heteroatoms. The zero-order valence-electron chi connectivity index (χ0n) is 9.35. The van der Waals surface area contributed by atoms with Crippen molar-refractivity contribution in [1.29, 1.82) is 0 Å². The number of carbonyl (C=O) groups is 1.